The number of fused-ring (bicyclic) bond motifs is 9. The minimum atomic E-state index is -5.58. The maximum absolute atomic E-state index is 13.9. The second-order valence-electron chi connectivity index (χ2n) is 10.3. The normalized spacial score (nSPS) is 41.9. The monoisotopic (exact) mass is 458 g/mol. The van der Waals surface area contributed by atoms with Gasteiger partial charge >= 0.3 is 12.4 Å². The Kier molecular flexibility index (Phi) is 6.13. The zero-order valence-corrected chi connectivity index (χ0v) is 18.1. The fraction of sp³-hybridized carbons (Fsp3) is 1.00. The van der Waals surface area contributed by atoms with E-state index in [4.69, 9.17) is 9.47 Å². The minimum absolute atomic E-state index is 0.0585. The van der Waals surface area contributed by atoms with Crippen molar-refractivity contribution >= 4 is 0 Å². The summed E-state index contributed by atoms with van der Waals surface area (Å²) in [5, 5.41) is 0. The van der Waals surface area contributed by atoms with E-state index in [-0.39, 0.29) is 31.0 Å². The summed E-state index contributed by atoms with van der Waals surface area (Å²) < 4.78 is 97.8. The molecule has 4 bridgehead atoms. The lowest BCUT2D eigenvalue weighted by Gasteiger charge is -2.46. The lowest BCUT2D eigenvalue weighted by atomic mass is 9.61. The van der Waals surface area contributed by atoms with E-state index in [1.807, 2.05) is 0 Å². The van der Waals surface area contributed by atoms with Crippen LogP contribution in [0.1, 0.15) is 39.5 Å². The van der Waals surface area contributed by atoms with Crippen molar-refractivity contribution in [1.29, 1.82) is 0 Å². The van der Waals surface area contributed by atoms with Crippen LogP contribution in [-0.2, 0) is 14.2 Å². The number of hydrogen-bond donors (Lipinski definition) is 0. The van der Waals surface area contributed by atoms with Crippen molar-refractivity contribution in [2.75, 3.05) is 27.1 Å². The number of rotatable bonds is 8. The summed E-state index contributed by atoms with van der Waals surface area (Å²) in [5.74, 6) is 2.43. The highest BCUT2D eigenvalue weighted by Crippen LogP contribution is 2.72. The quantitative estimate of drug-likeness (QED) is 0.203. The fourth-order valence-corrected chi connectivity index (χ4v) is 7.93. The predicted molar refractivity (Wildman–Crippen MR) is 99.8 cm³/mol. The van der Waals surface area contributed by atoms with E-state index in [0.717, 1.165) is 12.8 Å². The zero-order valence-electron chi connectivity index (χ0n) is 18.1. The zero-order chi connectivity index (χ0) is 22.8. The Morgan fingerprint density at radius 1 is 0.774 bits per heavy atom. The van der Waals surface area contributed by atoms with Crippen LogP contribution in [0.15, 0.2) is 0 Å². The van der Waals surface area contributed by atoms with Crippen molar-refractivity contribution in [1.82, 2.24) is 0 Å². The number of methoxy groups -OCH3 is 1. The molecule has 0 aromatic rings. The third kappa shape index (κ3) is 3.61. The molecule has 180 valence electrons. The summed E-state index contributed by atoms with van der Waals surface area (Å²) in [6.07, 6.45) is -9.92. The van der Waals surface area contributed by atoms with Crippen molar-refractivity contribution in [3.8, 4) is 0 Å². The topological polar surface area (TPSA) is 27.7 Å². The second kappa shape index (κ2) is 8.05. The lowest BCUT2D eigenvalue weighted by Crippen LogP contribution is -2.60. The summed E-state index contributed by atoms with van der Waals surface area (Å²) in [7, 11) is 1.36. The molecule has 0 saturated heterocycles. The van der Waals surface area contributed by atoms with Gasteiger partial charge in [0.1, 0.15) is 6.79 Å². The van der Waals surface area contributed by atoms with Crippen LogP contribution in [0, 0.1) is 53.3 Å². The average molecular weight is 458 g/mol. The average Bonchev–Trinajstić information content (AvgIpc) is 3.38. The summed E-state index contributed by atoms with van der Waals surface area (Å²) in [6, 6.07) is 0. The van der Waals surface area contributed by atoms with Crippen LogP contribution in [-0.4, -0.2) is 45.1 Å². The highest BCUT2D eigenvalue weighted by Gasteiger charge is 2.74. The Labute approximate surface area is 179 Å². The number of halogens is 6. The molecule has 0 aromatic carbocycles. The molecule has 3 nitrogen and oxygen atoms in total. The third-order valence-electron chi connectivity index (χ3n) is 9.27. The molecule has 4 aliphatic carbocycles. The molecule has 0 amide bonds. The molecule has 4 saturated carbocycles. The summed E-state index contributed by atoms with van der Waals surface area (Å²) >= 11 is 0. The first-order valence-corrected chi connectivity index (χ1v) is 11.3. The molecular formula is C22H32F6O3. The van der Waals surface area contributed by atoms with E-state index in [2.05, 4.69) is 18.6 Å². The van der Waals surface area contributed by atoms with Gasteiger partial charge in [0.2, 0.25) is 0 Å². The maximum atomic E-state index is 13.9. The van der Waals surface area contributed by atoms with Gasteiger partial charge in [-0.15, -0.1) is 0 Å². The van der Waals surface area contributed by atoms with Crippen LogP contribution in [0.5, 0.6) is 0 Å². The van der Waals surface area contributed by atoms with E-state index in [1.165, 1.54) is 7.11 Å². The smallest absolute Gasteiger partial charge is 0.382 e. The molecule has 0 heterocycles. The van der Waals surface area contributed by atoms with Crippen molar-refractivity contribution in [2.45, 2.75) is 57.5 Å². The van der Waals surface area contributed by atoms with E-state index in [0.29, 0.717) is 36.0 Å². The van der Waals surface area contributed by atoms with Gasteiger partial charge in [-0.05, 0) is 78.9 Å². The third-order valence-corrected chi connectivity index (χ3v) is 9.27. The summed E-state index contributed by atoms with van der Waals surface area (Å²) in [4.78, 5) is 0. The van der Waals surface area contributed by atoms with Gasteiger partial charge in [0, 0.05) is 7.11 Å². The first-order chi connectivity index (χ1) is 14.4. The van der Waals surface area contributed by atoms with E-state index < -0.39 is 37.1 Å². The summed E-state index contributed by atoms with van der Waals surface area (Å²) in [5.41, 5.74) is -4.20. The fourth-order valence-electron chi connectivity index (χ4n) is 7.93. The molecule has 9 atom stereocenters. The van der Waals surface area contributed by atoms with Crippen LogP contribution in [0.2, 0.25) is 0 Å². The molecule has 4 aliphatic rings. The van der Waals surface area contributed by atoms with E-state index >= 15 is 0 Å². The van der Waals surface area contributed by atoms with E-state index in [9.17, 15) is 26.3 Å². The Bertz CT molecular complexity index is 636. The predicted octanol–water partition coefficient (Wildman–Crippen LogP) is 5.69. The van der Waals surface area contributed by atoms with Crippen molar-refractivity contribution in [3.05, 3.63) is 0 Å². The Hall–Kier alpha value is -0.540. The van der Waals surface area contributed by atoms with Gasteiger partial charge in [-0.25, -0.2) is 0 Å². The van der Waals surface area contributed by atoms with Gasteiger partial charge in [0.05, 0.1) is 13.2 Å². The van der Waals surface area contributed by atoms with Gasteiger partial charge in [-0.1, -0.05) is 13.8 Å². The maximum Gasteiger partial charge on any atom is 0.426 e. The van der Waals surface area contributed by atoms with Gasteiger partial charge in [-0.2, -0.15) is 26.3 Å². The molecule has 0 aromatic heterocycles. The largest absolute Gasteiger partial charge is 0.426 e. The lowest BCUT2D eigenvalue weighted by molar-refractivity contribution is -0.398. The van der Waals surface area contributed by atoms with Crippen LogP contribution in [0.25, 0.3) is 0 Å². The molecule has 0 spiro atoms. The molecule has 9 heteroatoms. The molecule has 0 aliphatic heterocycles. The molecule has 0 radical (unpaired) electrons. The SMILES string of the molecule is COCCOCOC(CC1CC2CC1C1C3CC(C(C)C3C)C21)(C(F)(F)F)C(F)(F)F. The van der Waals surface area contributed by atoms with Gasteiger partial charge < -0.3 is 14.2 Å². The van der Waals surface area contributed by atoms with Crippen LogP contribution < -0.4 is 0 Å². The summed E-state index contributed by atoms with van der Waals surface area (Å²) in [6.45, 7) is 3.30. The van der Waals surface area contributed by atoms with Crippen LogP contribution in [0.3, 0.4) is 0 Å². The van der Waals surface area contributed by atoms with Crippen LogP contribution >= 0.6 is 0 Å². The highest BCUT2D eigenvalue weighted by atomic mass is 19.4. The van der Waals surface area contributed by atoms with Crippen LogP contribution in [0.4, 0.5) is 26.3 Å². The minimum Gasteiger partial charge on any atom is -0.382 e. The molecule has 0 N–H and O–H groups in total. The molecule has 4 fully saturated rings. The van der Waals surface area contributed by atoms with Crippen molar-refractivity contribution in [2.24, 2.45) is 53.3 Å². The Morgan fingerprint density at radius 3 is 1.97 bits per heavy atom. The van der Waals surface area contributed by atoms with Gasteiger partial charge in [-0.3, -0.25) is 0 Å². The van der Waals surface area contributed by atoms with Gasteiger partial charge in [0.25, 0.3) is 5.60 Å². The number of alkyl halides is 6. The first kappa shape index (κ1) is 23.6. The number of ether oxygens (including phenoxy) is 3. The van der Waals surface area contributed by atoms with Gasteiger partial charge in [0.15, 0.2) is 0 Å². The Morgan fingerprint density at radius 2 is 1.39 bits per heavy atom. The standard InChI is InChI=1S/C22H32F6O3/c1-11-12(2)16-8-15(11)18-13-6-14(17(7-13)19(16)18)9-20(21(23,24)25,22(26,27)28)31-10-30-5-4-29-3/h11-19H,4-10H2,1-3H3. The van der Waals surface area contributed by atoms with Crippen molar-refractivity contribution < 1.29 is 40.6 Å². The molecule has 9 unspecified atom stereocenters. The first-order valence-electron chi connectivity index (χ1n) is 11.3. The number of hydrogen-bond acceptors (Lipinski definition) is 3. The molecule has 31 heavy (non-hydrogen) atoms. The molecular weight excluding hydrogens is 426 g/mol. The van der Waals surface area contributed by atoms with E-state index in [1.54, 1.807) is 0 Å². The molecule has 4 rings (SSSR count). The Balaban J connectivity index is 1.53. The van der Waals surface area contributed by atoms with Crippen molar-refractivity contribution in [3.63, 3.8) is 0 Å². The second-order valence-corrected chi connectivity index (χ2v) is 10.3. The highest BCUT2D eigenvalue weighted by molar-refractivity contribution is 5.15.